The summed E-state index contributed by atoms with van der Waals surface area (Å²) in [4.78, 5) is 0. The van der Waals surface area contributed by atoms with E-state index in [1.54, 1.807) is 6.08 Å². The average Bonchev–Trinajstić information content (AvgIpc) is 3.05. The molecule has 5 heteroatoms. The first-order valence-electron chi connectivity index (χ1n) is 14.4. The zero-order valence-corrected chi connectivity index (χ0v) is 23.8. The molecule has 0 aromatic heterocycles. The normalized spacial score (nSPS) is 21.1. The van der Waals surface area contributed by atoms with Gasteiger partial charge in [-0.1, -0.05) is 134 Å². The number of allylic oxidation sites excluding steroid dienone is 2. The molecule has 5 nitrogen and oxygen atoms in total. The molecule has 0 N–H and O–H groups in total. The first-order valence-corrected chi connectivity index (χ1v) is 14.4. The van der Waals surface area contributed by atoms with E-state index in [2.05, 4.69) is 30.8 Å². The summed E-state index contributed by atoms with van der Waals surface area (Å²) in [6, 6.07) is 40.5. The second-order valence-electron chi connectivity index (χ2n) is 10.2. The minimum atomic E-state index is -0.516. The molecule has 4 aromatic carbocycles. The van der Waals surface area contributed by atoms with Crippen LogP contribution in [0.4, 0.5) is 0 Å². The Labute approximate surface area is 249 Å². The summed E-state index contributed by atoms with van der Waals surface area (Å²) in [5.41, 5.74) is 4.29. The van der Waals surface area contributed by atoms with Crippen LogP contribution < -0.4 is 0 Å². The van der Waals surface area contributed by atoms with Gasteiger partial charge in [-0.2, -0.15) is 0 Å². The fourth-order valence-electron chi connectivity index (χ4n) is 4.96. The van der Waals surface area contributed by atoms with Crippen LogP contribution in [0.25, 0.3) is 0 Å². The van der Waals surface area contributed by atoms with Crippen molar-refractivity contribution in [1.29, 1.82) is 0 Å². The van der Waals surface area contributed by atoms with Crippen LogP contribution in [-0.2, 0) is 50.1 Å². The summed E-state index contributed by atoms with van der Waals surface area (Å²) in [5.74, 6) is 0.645. The van der Waals surface area contributed by atoms with Crippen molar-refractivity contribution in [2.75, 3.05) is 6.61 Å². The third-order valence-corrected chi connectivity index (χ3v) is 7.08. The molecule has 1 saturated heterocycles. The quantitative estimate of drug-likeness (QED) is 0.160. The second-order valence-corrected chi connectivity index (χ2v) is 10.2. The van der Waals surface area contributed by atoms with E-state index in [-0.39, 0.29) is 0 Å². The maximum absolute atomic E-state index is 6.68. The molecule has 0 saturated carbocycles. The molecule has 5 rings (SSSR count). The zero-order valence-electron chi connectivity index (χ0n) is 23.8. The maximum atomic E-state index is 6.68. The smallest absolute Gasteiger partial charge is 0.150 e. The third-order valence-electron chi connectivity index (χ3n) is 7.08. The highest BCUT2D eigenvalue weighted by atomic mass is 16.6. The van der Waals surface area contributed by atoms with Crippen LogP contribution in [-0.4, -0.2) is 31.0 Å². The maximum Gasteiger partial charge on any atom is 0.150 e. The van der Waals surface area contributed by atoms with Crippen LogP contribution >= 0.6 is 0 Å². The van der Waals surface area contributed by atoms with Gasteiger partial charge in [0.15, 0.2) is 6.10 Å². The summed E-state index contributed by atoms with van der Waals surface area (Å²) in [7, 11) is 0. The van der Waals surface area contributed by atoms with Gasteiger partial charge in [-0.15, -0.1) is 0 Å². The SMILES string of the molecule is C=CC=C1OC(COCc2ccccc2)[C@@H](OCc2ccccc2)C(OCc2ccccc2)C1OCc1ccccc1. The molecule has 1 aliphatic heterocycles. The average molecular weight is 563 g/mol. The fraction of sp³-hybridized carbons (Fsp3) is 0.243. The summed E-state index contributed by atoms with van der Waals surface area (Å²) in [6.45, 7) is 5.93. The molecule has 1 aliphatic rings. The first-order chi connectivity index (χ1) is 20.8. The molecule has 4 aromatic rings. The highest BCUT2D eigenvalue weighted by Gasteiger charge is 2.46. The largest absolute Gasteiger partial charge is 0.487 e. The number of ether oxygens (including phenoxy) is 5. The minimum absolute atomic E-state index is 0.319. The lowest BCUT2D eigenvalue weighted by atomic mass is 9.96. The molecule has 0 spiro atoms. The predicted molar refractivity (Wildman–Crippen MR) is 164 cm³/mol. The number of benzene rings is 4. The topological polar surface area (TPSA) is 46.2 Å². The van der Waals surface area contributed by atoms with E-state index < -0.39 is 24.4 Å². The summed E-state index contributed by atoms with van der Waals surface area (Å²) < 4.78 is 32.6. The standard InChI is InChI=1S/C37H38O5/c1-2-15-33-35(39-25-30-18-9-4-10-19-30)37(41-27-32-22-13-6-14-23-32)36(40-26-31-20-11-5-12-21-31)34(42-33)28-38-24-29-16-7-3-8-17-29/h2-23,34-37H,1,24-28H2/t34?,35?,36-,37?/m1/s1. The van der Waals surface area contributed by atoms with Crippen molar-refractivity contribution in [3.8, 4) is 0 Å². The molecule has 216 valence electrons. The van der Waals surface area contributed by atoms with Crippen LogP contribution in [0.15, 0.2) is 146 Å². The van der Waals surface area contributed by atoms with E-state index in [1.165, 1.54) is 0 Å². The number of hydrogen-bond acceptors (Lipinski definition) is 5. The molecule has 0 bridgehead atoms. The van der Waals surface area contributed by atoms with E-state index in [4.69, 9.17) is 23.7 Å². The van der Waals surface area contributed by atoms with Gasteiger partial charge in [-0.25, -0.2) is 0 Å². The Bertz CT molecular complexity index is 1360. The lowest BCUT2D eigenvalue weighted by Gasteiger charge is -2.43. The Morgan fingerprint density at radius 2 is 0.976 bits per heavy atom. The van der Waals surface area contributed by atoms with Gasteiger partial charge in [0.2, 0.25) is 0 Å². The van der Waals surface area contributed by atoms with E-state index in [0.717, 1.165) is 22.3 Å². The lowest BCUT2D eigenvalue weighted by Crippen LogP contribution is -2.56. The monoisotopic (exact) mass is 562 g/mol. The number of rotatable bonds is 14. The zero-order chi connectivity index (χ0) is 28.8. The van der Waals surface area contributed by atoms with Crippen molar-refractivity contribution in [2.24, 2.45) is 0 Å². The summed E-state index contributed by atoms with van der Waals surface area (Å²) in [5, 5.41) is 0. The van der Waals surface area contributed by atoms with Crippen LogP contribution in [0.2, 0.25) is 0 Å². The third kappa shape index (κ3) is 8.51. The van der Waals surface area contributed by atoms with Gasteiger partial charge in [0.25, 0.3) is 0 Å². The van der Waals surface area contributed by atoms with Crippen molar-refractivity contribution in [2.45, 2.75) is 50.8 Å². The molecule has 42 heavy (non-hydrogen) atoms. The molecule has 3 unspecified atom stereocenters. The summed E-state index contributed by atoms with van der Waals surface area (Å²) in [6.07, 6.45) is 1.69. The van der Waals surface area contributed by atoms with Crippen molar-refractivity contribution in [3.63, 3.8) is 0 Å². The van der Waals surface area contributed by atoms with E-state index in [9.17, 15) is 0 Å². The van der Waals surface area contributed by atoms with Crippen molar-refractivity contribution in [3.05, 3.63) is 168 Å². The van der Waals surface area contributed by atoms with Gasteiger partial charge in [0.05, 0.1) is 33.0 Å². The van der Waals surface area contributed by atoms with Crippen LogP contribution in [0.3, 0.4) is 0 Å². The number of hydrogen-bond donors (Lipinski definition) is 0. The molecular formula is C37H38O5. The molecular weight excluding hydrogens is 524 g/mol. The van der Waals surface area contributed by atoms with Gasteiger partial charge in [0.1, 0.15) is 24.1 Å². The van der Waals surface area contributed by atoms with Crippen molar-refractivity contribution in [1.82, 2.24) is 0 Å². The van der Waals surface area contributed by atoms with E-state index in [1.807, 2.05) is 103 Å². The predicted octanol–water partition coefficient (Wildman–Crippen LogP) is 7.43. The van der Waals surface area contributed by atoms with Gasteiger partial charge in [0, 0.05) is 0 Å². The second kappa shape index (κ2) is 15.9. The van der Waals surface area contributed by atoms with Crippen LogP contribution in [0.1, 0.15) is 22.3 Å². The molecule has 0 amide bonds. The molecule has 0 radical (unpaired) electrons. The highest BCUT2D eigenvalue weighted by molar-refractivity contribution is 5.20. The Balaban J connectivity index is 1.42. The summed E-state index contributed by atoms with van der Waals surface area (Å²) >= 11 is 0. The fourth-order valence-corrected chi connectivity index (χ4v) is 4.96. The van der Waals surface area contributed by atoms with Gasteiger partial charge in [-0.3, -0.25) is 0 Å². The first kappa shape index (κ1) is 29.5. The minimum Gasteiger partial charge on any atom is -0.487 e. The molecule has 1 heterocycles. The molecule has 0 aliphatic carbocycles. The van der Waals surface area contributed by atoms with Crippen LogP contribution in [0, 0.1) is 0 Å². The Hall–Kier alpha value is -4.00. The molecule has 4 atom stereocenters. The van der Waals surface area contributed by atoms with Crippen molar-refractivity contribution >= 4 is 0 Å². The van der Waals surface area contributed by atoms with E-state index in [0.29, 0.717) is 38.8 Å². The van der Waals surface area contributed by atoms with E-state index >= 15 is 0 Å². The van der Waals surface area contributed by atoms with Gasteiger partial charge in [-0.05, 0) is 28.3 Å². The van der Waals surface area contributed by atoms with Gasteiger partial charge < -0.3 is 23.7 Å². The molecule has 1 fully saturated rings. The van der Waals surface area contributed by atoms with Gasteiger partial charge >= 0.3 is 0 Å². The lowest BCUT2D eigenvalue weighted by molar-refractivity contribution is -0.223. The Kier molecular flexibility index (Phi) is 11.1. The Morgan fingerprint density at radius 3 is 1.45 bits per heavy atom. The Morgan fingerprint density at radius 1 is 0.548 bits per heavy atom. The van der Waals surface area contributed by atoms with Crippen molar-refractivity contribution < 1.29 is 23.7 Å². The van der Waals surface area contributed by atoms with Crippen LogP contribution in [0.5, 0.6) is 0 Å². The highest BCUT2D eigenvalue weighted by Crippen LogP contribution is 2.33.